The highest BCUT2D eigenvalue weighted by atomic mass is 32.2. The monoisotopic (exact) mass is 360 g/mol. The van der Waals surface area contributed by atoms with E-state index in [2.05, 4.69) is 76.0 Å². The van der Waals surface area contributed by atoms with Crippen LogP contribution in [0.5, 0.6) is 5.88 Å². The molecule has 0 radical (unpaired) electrons. The van der Waals surface area contributed by atoms with Crippen molar-refractivity contribution in [2.24, 2.45) is 0 Å². The number of nitrogens with zero attached hydrogens (tertiary/aromatic N) is 2. The fraction of sp³-hybridized carbons (Fsp3) is 0.136. The fourth-order valence-electron chi connectivity index (χ4n) is 3.22. The lowest BCUT2D eigenvalue weighted by molar-refractivity contribution is 0.399. The lowest BCUT2D eigenvalue weighted by atomic mass is 9.98. The van der Waals surface area contributed by atoms with Gasteiger partial charge in [-0.15, -0.1) is 11.8 Å². The van der Waals surface area contributed by atoms with Crippen LogP contribution >= 0.6 is 11.8 Å². The molecule has 0 saturated carbocycles. The maximum absolute atomic E-state index is 5.49. The van der Waals surface area contributed by atoms with E-state index in [1.54, 1.807) is 13.3 Å². The third kappa shape index (κ3) is 3.33. The van der Waals surface area contributed by atoms with Crippen molar-refractivity contribution < 1.29 is 4.74 Å². The molecule has 2 aromatic carbocycles. The van der Waals surface area contributed by atoms with Crippen molar-refractivity contribution in [1.82, 2.24) is 9.88 Å². The first-order valence-corrected chi connectivity index (χ1v) is 9.61. The smallest absolute Gasteiger partial charge is 0.221 e. The third-order valence-electron chi connectivity index (χ3n) is 4.44. The molecule has 1 aliphatic rings. The van der Waals surface area contributed by atoms with Gasteiger partial charge in [0, 0.05) is 23.9 Å². The van der Waals surface area contributed by atoms with E-state index in [-0.39, 0.29) is 0 Å². The number of hydrogen-bond acceptors (Lipinski definition) is 4. The Hall–Kier alpha value is -2.72. The zero-order valence-corrected chi connectivity index (χ0v) is 15.4. The minimum absolute atomic E-state index is 0.654. The topological polar surface area (TPSA) is 25.4 Å². The fourth-order valence-corrected chi connectivity index (χ4v) is 4.14. The molecule has 3 nitrogen and oxygen atoms in total. The van der Waals surface area contributed by atoms with Crippen molar-refractivity contribution in [3.8, 4) is 17.0 Å². The number of pyridine rings is 1. The summed E-state index contributed by atoms with van der Waals surface area (Å²) >= 11 is 1.84. The van der Waals surface area contributed by atoms with Crippen molar-refractivity contribution in [3.63, 3.8) is 0 Å². The largest absolute Gasteiger partial charge is 0.481 e. The molecule has 1 aromatic heterocycles. The maximum atomic E-state index is 5.49. The van der Waals surface area contributed by atoms with Gasteiger partial charge < -0.3 is 9.64 Å². The van der Waals surface area contributed by atoms with Crippen LogP contribution in [-0.4, -0.2) is 22.9 Å². The van der Waals surface area contributed by atoms with E-state index in [1.165, 1.54) is 16.8 Å². The summed E-state index contributed by atoms with van der Waals surface area (Å²) in [6.07, 6.45) is 1.76. The molecule has 3 aromatic rings. The highest BCUT2D eigenvalue weighted by Gasteiger charge is 2.21. The Labute approximate surface area is 158 Å². The summed E-state index contributed by atoms with van der Waals surface area (Å²) in [5, 5.41) is 2.25. The van der Waals surface area contributed by atoms with Crippen LogP contribution in [0.2, 0.25) is 0 Å². The third-order valence-corrected chi connectivity index (χ3v) is 5.29. The predicted octanol–water partition coefficient (Wildman–Crippen LogP) is 5.26. The van der Waals surface area contributed by atoms with Gasteiger partial charge in [-0.2, -0.15) is 0 Å². The molecular formula is C22H20N2OS. The average molecular weight is 360 g/mol. The van der Waals surface area contributed by atoms with Gasteiger partial charge in [-0.3, -0.25) is 0 Å². The molecule has 0 fully saturated rings. The van der Waals surface area contributed by atoms with Gasteiger partial charge in [0.1, 0.15) is 0 Å². The summed E-state index contributed by atoms with van der Waals surface area (Å²) in [4.78, 5) is 6.79. The molecule has 1 aliphatic heterocycles. The first-order chi connectivity index (χ1) is 12.9. The summed E-state index contributed by atoms with van der Waals surface area (Å²) < 4.78 is 5.49. The maximum Gasteiger partial charge on any atom is 0.221 e. The molecule has 0 spiro atoms. The lowest BCUT2D eigenvalue weighted by Gasteiger charge is -2.24. The second kappa shape index (κ2) is 7.67. The molecule has 2 heterocycles. The van der Waals surface area contributed by atoms with Crippen LogP contribution in [0, 0.1) is 0 Å². The Balaban J connectivity index is 1.72. The summed E-state index contributed by atoms with van der Waals surface area (Å²) in [5.41, 5.74) is 5.93. The van der Waals surface area contributed by atoms with Crippen molar-refractivity contribution in [2.75, 3.05) is 13.0 Å². The van der Waals surface area contributed by atoms with E-state index in [1.807, 2.05) is 17.8 Å². The molecule has 26 heavy (non-hydrogen) atoms. The molecule has 0 aliphatic carbocycles. The summed E-state index contributed by atoms with van der Waals surface area (Å²) in [5.74, 6) is 1.61. The quantitative estimate of drug-likeness (QED) is 0.619. The lowest BCUT2D eigenvalue weighted by Crippen LogP contribution is -2.18. The normalized spacial score (nSPS) is 13.6. The number of hydrogen-bond donors (Lipinski definition) is 0. The first kappa shape index (κ1) is 16.7. The Morgan fingerprint density at radius 2 is 1.65 bits per heavy atom. The van der Waals surface area contributed by atoms with Gasteiger partial charge in [-0.1, -0.05) is 54.6 Å². The Morgan fingerprint density at radius 3 is 2.46 bits per heavy atom. The molecule has 4 heteroatoms. The van der Waals surface area contributed by atoms with Gasteiger partial charge in [-0.05, 0) is 28.7 Å². The van der Waals surface area contributed by atoms with Crippen LogP contribution in [0.1, 0.15) is 11.1 Å². The second-order valence-corrected chi connectivity index (χ2v) is 6.92. The van der Waals surface area contributed by atoms with Crippen molar-refractivity contribution in [3.05, 3.63) is 89.5 Å². The molecule has 0 unspecified atom stereocenters. The highest BCUT2D eigenvalue weighted by molar-refractivity contribution is 8.02. The van der Waals surface area contributed by atoms with Crippen molar-refractivity contribution >= 4 is 17.5 Å². The van der Waals surface area contributed by atoms with E-state index in [0.29, 0.717) is 5.88 Å². The van der Waals surface area contributed by atoms with Gasteiger partial charge in [-0.25, -0.2) is 4.98 Å². The van der Waals surface area contributed by atoms with Crippen LogP contribution in [0.3, 0.4) is 0 Å². The molecule has 0 atom stereocenters. The molecular weight excluding hydrogens is 340 g/mol. The zero-order valence-electron chi connectivity index (χ0n) is 14.6. The molecule has 0 amide bonds. The molecule has 0 saturated heterocycles. The van der Waals surface area contributed by atoms with E-state index in [0.717, 1.165) is 23.5 Å². The van der Waals surface area contributed by atoms with Gasteiger partial charge in [0.2, 0.25) is 5.88 Å². The Bertz CT molecular complexity index is 924. The minimum Gasteiger partial charge on any atom is -0.481 e. The molecule has 130 valence electrons. The van der Waals surface area contributed by atoms with E-state index >= 15 is 0 Å². The second-order valence-electron chi connectivity index (χ2n) is 6.09. The van der Waals surface area contributed by atoms with Gasteiger partial charge >= 0.3 is 0 Å². The van der Waals surface area contributed by atoms with Gasteiger partial charge in [0.05, 0.1) is 18.7 Å². The Morgan fingerprint density at radius 1 is 0.923 bits per heavy atom. The van der Waals surface area contributed by atoms with Crippen LogP contribution in [0.15, 0.2) is 78.3 Å². The first-order valence-electron chi connectivity index (χ1n) is 8.56. The van der Waals surface area contributed by atoms with Crippen LogP contribution in [0.4, 0.5) is 0 Å². The zero-order chi connectivity index (χ0) is 17.8. The number of thioether (sulfide) groups is 1. The van der Waals surface area contributed by atoms with Crippen LogP contribution < -0.4 is 4.74 Å². The Kier molecular flexibility index (Phi) is 4.93. The number of benzene rings is 2. The summed E-state index contributed by atoms with van der Waals surface area (Å²) in [6, 6.07) is 23.1. The van der Waals surface area contributed by atoms with Crippen molar-refractivity contribution in [1.29, 1.82) is 0 Å². The van der Waals surface area contributed by atoms with Crippen molar-refractivity contribution in [2.45, 2.75) is 6.54 Å². The number of aromatic nitrogens is 1. The highest BCUT2D eigenvalue weighted by Crippen LogP contribution is 2.39. The number of rotatable bonds is 5. The molecule has 0 N–H and O–H groups in total. The minimum atomic E-state index is 0.654. The standard InChI is InChI=1S/C22H20N2OS/c1-25-22-20(12-7-13-23-22)18-10-5-6-11-19(18)21-15-26-16-24(21)14-17-8-3-2-4-9-17/h2-13,15H,14,16H2,1H3. The number of ether oxygens (including phenoxy) is 1. The predicted molar refractivity (Wildman–Crippen MR) is 109 cm³/mol. The van der Waals surface area contributed by atoms with E-state index in [4.69, 9.17) is 4.74 Å². The van der Waals surface area contributed by atoms with Gasteiger partial charge in [0.25, 0.3) is 0 Å². The average Bonchev–Trinajstić information content (AvgIpc) is 3.16. The molecule has 0 bridgehead atoms. The number of methoxy groups -OCH3 is 1. The van der Waals surface area contributed by atoms with E-state index in [9.17, 15) is 0 Å². The summed E-state index contributed by atoms with van der Waals surface area (Å²) in [6.45, 7) is 0.901. The SMILES string of the molecule is COc1ncccc1-c1ccccc1C1=CSCN1Cc1ccccc1. The molecule has 4 rings (SSSR count). The summed E-state index contributed by atoms with van der Waals surface area (Å²) in [7, 11) is 1.67. The van der Waals surface area contributed by atoms with Crippen LogP contribution in [0.25, 0.3) is 16.8 Å². The van der Waals surface area contributed by atoms with Gasteiger partial charge in [0.15, 0.2) is 0 Å². The van der Waals surface area contributed by atoms with E-state index < -0.39 is 0 Å². The van der Waals surface area contributed by atoms with Crippen LogP contribution in [-0.2, 0) is 6.54 Å².